The maximum Gasteiger partial charge on any atom is 0.104 e. The van der Waals surface area contributed by atoms with Crippen molar-refractivity contribution in [2.24, 2.45) is 0 Å². The summed E-state index contributed by atoms with van der Waals surface area (Å²) in [6, 6.07) is 13.6. The van der Waals surface area contributed by atoms with Crippen molar-refractivity contribution in [3.8, 4) is 0 Å². The molecule has 0 heterocycles. The van der Waals surface area contributed by atoms with Gasteiger partial charge in [-0.2, -0.15) is 0 Å². The minimum atomic E-state index is -0.656. The van der Waals surface area contributed by atoms with E-state index in [1.165, 1.54) is 5.56 Å². The van der Waals surface area contributed by atoms with E-state index < -0.39 is 6.10 Å². The van der Waals surface area contributed by atoms with Crippen LogP contribution in [0.4, 0.5) is 0 Å². The van der Waals surface area contributed by atoms with Crippen LogP contribution in [0.2, 0.25) is 5.02 Å². The van der Waals surface area contributed by atoms with Crippen LogP contribution < -0.4 is 0 Å². The summed E-state index contributed by atoms with van der Waals surface area (Å²) in [5.41, 5.74) is 2.97. The van der Waals surface area contributed by atoms with Gasteiger partial charge in [0, 0.05) is 9.50 Å². The van der Waals surface area contributed by atoms with Gasteiger partial charge in [0.25, 0.3) is 0 Å². The van der Waals surface area contributed by atoms with Gasteiger partial charge in [-0.15, -0.1) is 0 Å². The van der Waals surface area contributed by atoms with E-state index in [0.717, 1.165) is 22.0 Å². The van der Waals surface area contributed by atoms with Crippen LogP contribution in [-0.2, 0) is 0 Å². The van der Waals surface area contributed by atoms with Crippen molar-refractivity contribution < 1.29 is 5.11 Å². The summed E-state index contributed by atoms with van der Waals surface area (Å²) in [5, 5.41) is 11.1. The Morgan fingerprint density at radius 3 is 2.20 bits per heavy atom. The van der Waals surface area contributed by atoms with E-state index in [1.807, 2.05) is 24.3 Å². The molecule has 0 aliphatic rings. The van der Waals surface area contributed by atoms with Gasteiger partial charge < -0.3 is 5.11 Å². The van der Waals surface area contributed by atoms with E-state index in [1.54, 1.807) is 6.07 Å². The maximum atomic E-state index is 10.4. The van der Waals surface area contributed by atoms with Gasteiger partial charge in [-0.05, 0) is 47.2 Å². The molecule has 1 nitrogen and oxygen atoms in total. The number of aliphatic hydroxyl groups is 1. The highest BCUT2D eigenvalue weighted by atomic mass is 79.9. The van der Waals surface area contributed by atoms with Gasteiger partial charge in [0.15, 0.2) is 0 Å². The highest BCUT2D eigenvalue weighted by molar-refractivity contribution is 9.10. The summed E-state index contributed by atoms with van der Waals surface area (Å²) < 4.78 is 0.871. The summed E-state index contributed by atoms with van der Waals surface area (Å²) in [4.78, 5) is 0. The molecule has 2 aromatic rings. The predicted molar refractivity (Wildman–Crippen MR) is 88.4 cm³/mol. The van der Waals surface area contributed by atoms with Gasteiger partial charge in [0.2, 0.25) is 0 Å². The van der Waals surface area contributed by atoms with Gasteiger partial charge in [-0.1, -0.05) is 65.6 Å². The number of rotatable bonds is 4. The van der Waals surface area contributed by atoms with Crippen molar-refractivity contribution in [2.75, 3.05) is 0 Å². The van der Waals surface area contributed by atoms with Gasteiger partial charge in [-0.25, -0.2) is 0 Å². The molecule has 3 heteroatoms. The van der Waals surface area contributed by atoms with E-state index in [9.17, 15) is 5.11 Å². The fourth-order valence-electron chi connectivity index (χ4n) is 2.17. The summed E-state index contributed by atoms with van der Waals surface area (Å²) in [6.07, 6.45) is 0.458. The number of hydrogen-bond donors (Lipinski definition) is 1. The lowest BCUT2D eigenvalue weighted by Crippen LogP contribution is -2.00. The largest absolute Gasteiger partial charge is 0.384 e. The summed E-state index contributed by atoms with van der Waals surface area (Å²) >= 11 is 9.42. The minimum absolute atomic E-state index is 0.543. The summed E-state index contributed by atoms with van der Waals surface area (Å²) in [6.45, 7) is 4.39. The lowest BCUT2D eigenvalue weighted by molar-refractivity contribution is 0.220. The van der Waals surface area contributed by atoms with Gasteiger partial charge in [0.1, 0.15) is 6.10 Å². The van der Waals surface area contributed by atoms with Crippen molar-refractivity contribution in [3.63, 3.8) is 0 Å². The van der Waals surface area contributed by atoms with Gasteiger partial charge in [0.05, 0.1) is 0 Å². The van der Waals surface area contributed by atoms with Crippen molar-refractivity contribution in [2.45, 2.75) is 32.3 Å². The van der Waals surface area contributed by atoms with Crippen molar-refractivity contribution in [1.82, 2.24) is 0 Å². The summed E-state index contributed by atoms with van der Waals surface area (Å²) in [7, 11) is 0. The van der Waals surface area contributed by atoms with Crippen LogP contribution in [0.5, 0.6) is 0 Å². The molecule has 2 unspecified atom stereocenters. The molecule has 106 valence electrons. The standard InChI is InChI=1S/C17H18BrClO/c1-3-11(2)12-4-6-13(7-5-12)17(20)14-8-15(18)10-16(19)9-14/h4-11,17,20H,3H2,1-2H3. The van der Waals surface area contributed by atoms with Gasteiger partial charge >= 0.3 is 0 Å². The average molecular weight is 354 g/mol. The summed E-state index contributed by atoms with van der Waals surface area (Å²) in [5.74, 6) is 0.543. The lowest BCUT2D eigenvalue weighted by Gasteiger charge is -2.14. The zero-order valence-corrected chi connectivity index (χ0v) is 13.9. The Balaban J connectivity index is 2.26. The third-order valence-corrected chi connectivity index (χ3v) is 4.31. The van der Waals surface area contributed by atoms with E-state index in [2.05, 4.69) is 41.9 Å². The van der Waals surface area contributed by atoms with E-state index in [4.69, 9.17) is 11.6 Å². The molecule has 0 radical (unpaired) electrons. The highest BCUT2D eigenvalue weighted by Crippen LogP contribution is 2.29. The number of benzene rings is 2. The van der Waals surface area contributed by atoms with E-state index in [-0.39, 0.29) is 0 Å². The molecule has 0 amide bonds. The second kappa shape index (κ2) is 6.75. The molecule has 0 aliphatic carbocycles. The molecular formula is C17H18BrClO. The molecular weight excluding hydrogens is 336 g/mol. The highest BCUT2D eigenvalue weighted by Gasteiger charge is 2.12. The Bertz CT molecular complexity index is 560. The van der Waals surface area contributed by atoms with Crippen LogP contribution >= 0.6 is 27.5 Å². The zero-order chi connectivity index (χ0) is 14.7. The van der Waals surface area contributed by atoms with Gasteiger partial charge in [-0.3, -0.25) is 0 Å². The number of halogens is 2. The molecule has 1 N–H and O–H groups in total. The van der Waals surface area contributed by atoms with Crippen LogP contribution in [0.1, 0.15) is 49.0 Å². The fourth-order valence-corrected chi connectivity index (χ4v) is 3.05. The van der Waals surface area contributed by atoms with Crippen molar-refractivity contribution in [3.05, 3.63) is 68.7 Å². The zero-order valence-electron chi connectivity index (χ0n) is 11.6. The Morgan fingerprint density at radius 2 is 1.65 bits per heavy atom. The topological polar surface area (TPSA) is 20.2 Å². The molecule has 2 aromatic carbocycles. The van der Waals surface area contributed by atoms with Crippen LogP contribution in [0, 0.1) is 0 Å². The molecule has 0 aromatic heterocycles. The quantitative estimate of drug-likeness (QED) is 0.747. The molecule has 0 aliphatic heterocycles. The lowest BCUT2D eigenvalue weighted by atomic mass is 9.95. The Kier molecular flexibility index (Phi) is 5.25. The number of aliphatic hydroxyl groups excluding tert-OH is 1. The molecule has 0 saturated carbocycles. The van der Waals surface area contributed by atoms with Crippen LogP contribution in [-0.4, -0.2) is 5.11 Å². The first-order valence-corrected chi connectivity index (χ1v) is 7.92. The Labute approximate surface area is 133 Å². The van der Waals surface area contributed by atoms with E-state index in [0.29, 0.717) is 10.9 Å². The molecule has 0 saturated heterocycles. The Hall–Kier alpha value is -0.830. The monoisotopic (exact) mass is 352 g/mol. The first-order chi connectivity index (χ1) is 9.51. The molecule has 20 heavy (non-hydrogen) atoms. The molecule has 0 bridgehead atoms. The molecule has 2 atom stereocenters. The minimum Gasteiger partial charge on any atom is -0.384 e. The maximum absolute atomic E-state index is 10.4. The predicted octanol–water partition coefficient (Wildman–Crippen LogP) is 5.70. The smallest absolute Gasteiger partial charge is 0.104 e. The van der Waals surface area contributed by atoms with Crippen LogP contribution in [0.25, 0.3) is 0 Å². The van der Waals surface area contributed by atoms with Crippen molar-refractivity contribution >= 4 is 27.5 Å². The first kappa shape index (κ1) is 15.6. The third kappa shape index (κ3) is 3.63. The molecule has 0 fully saturated rings. The Morgan fingerprint density at radius 1 is 1.05 bits per heavy atom. The molecule has 2 rings (SSSR count). The second-order valence-corrected chi connectivity index (χ2v) is 6.43. The average Bonchev–Trinajstić information content (AvgIpc) is 2.45. The van der Waals surface area contributed by atoms with Crippen molar-refractivity contribution in [1.29, 1.82) is 0 Å². The number of hydrogen-bond acceptors (Lipinski definition) is 1. The van der Waals surface area contributed by atoms with Crippen LogP contribution in [0.15, 0.2) is 46.9 Å². The third-order valence-electron chi connectivity index (χ3n) is 3.63. The van der Waals surface area contributed by atoms with Crippen LogP contribution in [0.3, 0.4) is 0 Å². The fraction of sp³-hybridized carbons (Fsp3) is 0.294. The van der Waals surface area contributed by atoms with E-state index >= 15 is 0 Å². The first-order valence-electron chi connectivity index (χ1n) is 6.75. The molecule has 0 spiro atoms. The SMILES string of the molecule is CCC(C)c1ccc(C(O)c2cc(Cl)cc(Br)c2)cc1. The normalized spacial score (nSPS) is 14.1. The second-order valence-electron chi connectivity index (χ2n) is 5.08.